The molecule has 0 fully saturated rings. The van der Waals surface area contributed by atoms with Crippen LogP contribution in [0.3, 0.4) is 0 Å². The van der Waals surface area contributed by atoms with Gasteiger partial charge in [-0.05, 0) is 30.3 Å². The van der Waals surface area contributed by atoms with Crippen LogP contribution in [0, 0.1) is 0 Å². The van der Waals surface area contributed by atoms with E-state index in [2.05, 4.69) is 91.6 Å². The van der Waals surface area contributed by atoms with Gasteiger partial charge in [-0.3, -0.25) is 0 Å². The van der Waals surface area contributed by atoms with Crippen molar-refractivity contribution in [1.29, 1.82) is 0 Å². The molecule has 0 saturated carbocycles. The van der Waals surface area contributed by atoms with E-state index < -0.39 is 7.26 Å². The molecule has 1 heteroatoms. The SMILES string of the molecule is C[P+](c1ccccc1)(c1ccccc1)C1C=CC=CC1. The zero-order valence-electron chi connectivity index (χ0n) is 11.8. The third kappa shape index (κ3) is 2.37. The van der Waals surface area contributed by atoms with E-state index in [0.29, 0.717) is 5.66 Å². The second kappa shape index (κ2) is 5.77. The van der Waals surface area contributed by atoms with Crippen molar-refractivity contribution in [3.05, 3.63) is 85.0 Å². The van der Waals surface area contributed by atoms with Crippen LogP contribution in [-0.2, 0) is 0 Å². The van der Waals surface area contributed by atoms with Crippen LogP contribution < -0.4 is 10.6 Å². The molecule has 0 nitrogen and oxygen atoms in total. The highest BCUT2D eigenvalue weighted by atomic mass is 31.2. The number of rotatable bonds is 3. The van der Waals surface area contributed by atoms with Crippen LogP contribution in [0.1, 0.15) is 6.42 Å². The molecule has 1 aliphatic rings. The molecule has 20 heavy (non-hydrogen) atoms. The van der Waals surface area contributed by atoms with Gasteiger partial charge in [0.05, 0.1) is 24.5 Å². The smallest absolute Gasteiger partial charge is 0.0803 e. The molecule has 1 atom stereocenters. The Labute approximate surface area is 122 Å². The molecule has 0 bridgehead atoms. The third-order valence-corrected chi connectivity index (χ3v) is 8.66. The maximum absolute atomic E-state index is 2.48. The van der Waals surface area contributed by atoms with Crippen molar-refractivity contribution in [2.75, 3.05) is 6.66 Å². The normalized spacial score (nSPS) is 18.1. The van der Waals surface area contributed by atoms with Crippen LogP contribution in [0.15, 0.2) is 85.0 Å². The van der Waals surface area contributed by atoms with E-state index >= 15 is 0 Å². The van der Waals surface area contributed by atoms with Crippen LogP contribution in [0.2, 0.25) is 0 Å². The lowest BCUT2D eigenvalue weighted by Crippen LogP contribution is -2.30. The first-order valence-corrected chi connectivity index (χ1v) is 9.43. The highest BCUT2D eigenvalue weighted by Gasteiger charge is 2.43. The lowest BCUT2D eigenvalue weighted by Gasteiger charge is -2.30. The molecule has 0 aliphatic heterocycles. The summed E-state index contributed by atoms with van der Waals surface area (Å²) in [4.78, 5) is 0. The number of hydrogen-bond acceptors (Lipinski definition) is 0. The zero-order valence-corrected chi connectivity index (χ0v) is 12.7. The Hall–Kier alpha value is -1.65. The van der Waals surface area contributed by atoms with E-state index in [1.54, 1.807) is 0 Å². The lowest BCUT2D eigenvalue weighted by molar-refractivity contribution is 1.04. The Kier molecular flexibility index (Phi) is 3.85. The Balaban J connectivity index is 2.13. The molecule has 100 valence electrons. The number of hydrogen-bond donors (Lipinski definition) is 0. The molecule has 0 N–H and O–H groups in total. The van der Waals surface area contributed by atoms with Crippen molar-refractivity contribution in [2.45, 2.75) is 12.1 Å². The second-order valence-corrected chi connectivity index (χ2v) is 9.21. The van der Waals surface area contributed by atoms with Gasteiger partial charge in [0.25, 0.3) is 0 Å². The minimum Gasteiger partial charge on any atom is -0.0803 e. The van der Waals surface area contributed by atoms with Gasteiger partial charge in [0.2, 0.25) is 0 Å². The van der Waals surface area contributed by atoms with E-state index in [1.165, 1.54) is 10.6 Å². The molecule has 0 aromatic heterocycles. The first-order chi connectivity index (χ1) is 9.82. The molecule has 2 aromatic rings. The molecule has 0 saturated heterocycles. The summed E-state index contributed by atoms with van der Waals surface area (Å²) >= 11 is 0. The topological polar surface area (TPSA) is 0 Å². The minimum absolute atomic E-state index is 0.609. The van der Waals surface area contributed by atoms with Crippen molar-refractivity contribution in [3.63, 3.8) is 0 Å². The molecular weight excluding hydrogens is 259 g/mol. The highest BCUT2D eigenvalue weighted by Crippen LogP contribution is 2.59. The molecule has 1 unspecified atom stereocenters. The summed E-state index contributed by atoms with van der Waals surface area (Å²) in [6.07, 6.45) is 10.2. The van der Waals surface area contributed by atoms with Gasteiger partial charge in [-0.1, -0.05) is 54.6 Å². The molecule has 0 heterocycles. The van der Waals surface area contributed by atoms with Gasteiger partial charge in [-0.15, -0.1) is 0 Å². The quantitative estimate of drug-likeness (QED) is 0.740. The molecular formula is C19H20P+. The maximum atomic E-state index is 2.48. The largest absolute Gasteiger partial charge is 0.100 e. The number of benzene rings is 2. The summed E-state index contributed by atoms with van der Waals surface area (Å²) in [5, 5.41) is 2.99. The lowest BCUT2D eigenvalue weighted by atomic mass is 10.2. The van der Waals surface area contributed by atoms with E-state index in [1.807, 2.05) is 0 Å². The average molecular weight is 279 g/mol. The second-order valence-electron chi connectivity index (χ2n) is 5.36. The fourth-order valence-electron chi connectivity index (χ4n) is 2.96. The Bertz CT molecular complexity index is 571. The molecule has 0 radical (unpaired) electrons. The summed E-state index contributed by atoms with van der Waals surface area (Å²) in [7, 11) is -1.39. The van der Waals surface area contributed by atoms with Crippen molar-refractivity contribution in [2.24, 2.45) is 0 Å². The fourth-order valence-corrected chi connectivity index (χ4v) is 6.59. The molecule has 0 amide bonds. The van der Waals surface area contributed by atoms with Gasteiger partial charge < -0.3 is 0 Å². The standard InChI is InChI=1S/C19H20P/c1-20(17-11-5-2-6-12-17,18-13-7-3-8-14-18)19-15-9-4-10-16-19/h2-15,19H,16H2,1H3/q+1. The third-order valence-electron chi connectivity index (χ3n) is 4.21. The summed E-state index contributed by atoms with van der Waals surface area (Å²) in [6, 6.07) is 22.1. The van der Waals surface area contributed by atoms with E-state index in [-0.39, 0.29) is 0 Å². The van der Waals surface area contributed by atoms with Gasteiger partial charge in [0.15, 0.2) is 0 Å². The Morgan fingerprint density at radius 1 is 0.800 bits per heavy atom. The molecule has 1 aliphatic carbocycles. The van der Waals surface area contributed by atoms with Crippen molar-refractivity contribution in [1.82, 2.24) is 0 Å². The monoisotopic (exact) mass is 279 g/mol. The summed E-state index contributed by atoms with van der Waals surface area (Å²) < 4.78 is 0. The van der Waals surface area contributed by atoms with E-state index in [4.69, 9.17) is 0 Å². The van der Waals surface area contributed by atoms with Gasteiger partial charge in [-0.25, -0.2) is 0 Å². The zero-order chi connectivity index (χ0) is 13.8. The molecule has 0 spiro atoms. The van der Waals surface area contributed by atoms with Gasteiger partial charge in [-0.2, -0.15) is 0 Å². The van der Waals surface area contributed by atoms with Gasteiger partial charge in [0, 0.05) is 6.42 Å². The first kappa shape index (κ1) is 13.3. The molecule has 3 rings (SSSR count). The maximum Gasteiger partial charge on any atom is 0.100 e. The predicted molar refractivity (Wildman–Crippen MR) is 91.7 cm³/mol. The van der Waals surface area contributed by atoms with Crippen LogP contribution in [0.4, 0.5) is 0 Å². The average Bonchev–Trinajstić information content (AvgIpc) is 2.56. The van der Waals surface area contributed by atoms with Crippen LogP contribution in [0.25, 0.3) is 0 Å². The Morgan fingerprint density at radius 3 is 1.80 bits per heavy atom. The number of allylic oxidation sites excluding steroid dienone is 4. The van der Waals surface area contributed by atoms with Crippen molar-refractivity contribution in [3.8, 4) is 0 Å². The van der Waals surface area contributed by atoms with Crippen LogP contribution in [0.5, 0.6) is 0 Å². The van der Waals surface area contributed by atoms with E-state index in [0.717, 1.165) is 6.42 Å². The van der Waals surface area contributed by atoms with E-state index in [9.17, 15) is 0 Å². The summed E-state index contributed by atoms with van der Waals surface area (Å²) in [6.45, 7) is 2.48. The highest BCUT2D eigenvalue weighted by molar-refractivity contribution is 7.89. The van der Waals surface area contributed by atoms with Crippen LogP contribution >= 0.6 is 7.26 Å². The predicted octanol–water partition coefficient (Wildman–Crippen LogP) is 4.17. The van der Waals surface area contributed by atoms with Crippen LogP contribution in [-0.4, -0.2) is 12.3 Å². The fraction of sp³-hybridized carbons (Fsp3) is 0.158. The summed E-state index contributed by atoms with van der Waals surface area (Å²) in [5.74, 6) is 0. The minimum atomic E-state index is -1.39. The van der Waals surface area contributed by atoms with Gasteiger partial charge in [0.1, 0.15) is 5.66 Å². The molecule has 2 aromatic carbocycles. The van der Waals surface area contributed by atoms with Crippen molar-refractivity contribution >= 4 is 17.9 Å². The van der Waals surface area contributed by atoms with Crippen molar-refractivity contribution < 1.29 is 0 Å². The van der Waals surface area contributed by atoms with Gasteiger partial charge >= 0.3 is 0 Å². The first-order valence-electron chi connectivity index (χ1n) is 7.12. The summed E-state index contributed by atoms with van der Waals surface area (Å²) in [5.41, 5.74) is 0.609. The Morgan fingerprint density at radius 2 is 1.35 bits per heavy atom.